The molecule has 0 aromatic heterocycles. The molecular weight excluding hydrogens is 402 g/mol. The highest BCUT2D eigenvalue weighted by molar-refractivity contribution is 7.92. The van der Waals surface area contributed by atoms with Crippen LogP contribution < -0.4 is 20.1 Å². The van der Waals surface area contributed by atoms with Crippen LogP contribution in [0.25, 0.3) is 0 Å². The number of hydrogen-bond acceptors (Lipinski definition) is 5. The van der Waals surface area contributed by atoms with Crippen molar-refractivity contribution in [2.24, 2.45) is 0 Å². The fourth-order valence-corrected chi connectivity index (χ4v) is 4.05. The van der Waals surface area contributed by atoms with Crippen LogP contribution in [0.15, 0.2) is 53.4 Å². The second kappa shape index (κ2) is 9.77. The lowest BCUT2D eigenvalue weighted by Crippen LogP contribution is -2.37. The van der Waals surface area contributed by atoms with Gasteiger partial charge in [0, 0.05) is 12.6 Å². The van der Waals surface area contributed by atoms with E-state index in [-0.39, 0.29) is 40.5 Å². The van der Waals surface area contributed by atoms with E-state index in [1.807, 2.05) is 0 Å². The first-order chi connectivity index (χ1) is 13.0. The number of nitrogens with one attached hydrogen (secondary N) is 3. The van der Waals surface area contributed by atoms with E-state index in [0.717, 1.165) is 19.4 Å². The van der Waals surface area contributed by atoms with Gasteiger partial charge < -0.3 is 15.4 Å². The number of ether oxygens (including phenoxy) is 1. The summed E-state index contributed by atoms with van der Waals surface area (Å²) in [5.41, 5.74) is 0.526. The van der Waals surface area contributed by atoms with Gasteiger partial charge in [-0.3, -0.25) is 9.52 Å². The van der Waals surface area contributed by atoms with Gasteiger partial charge in [-0.1, -0.05) is 12.1 Å². The van der Waals surface area contributed by atoms with Crippen LogP contribution in [0.3, 0.4) is 0 Å². The Hall–Kier alpha value is -2.29. The smallest absolute Gasteiger partial charge is 0.261 e. The van der Waals surface area contributed by atoms with Crippen LogP contribution in [0.2, 0.25) is 0 Å². The number of amides is 1. The van der Waals surface area contributed by atoms with E-state index >= 15 is 0 Å². The Morgan fingerprint density at radius 2 is 1.89 bits per heavy atom. The summed E-state index contributed by atoms with van der Waals surface area (Å²) in [6.07, 6.45) is 2.12. The fourth-order valence-electron chi connectivity index (χ4n) is 2.97. The lowest BCUT2D eigenvalue weighted by Gasteiger charge is -2.15. The summed E-state index contributed by atoms with van der Waals surface area (Å²) in [5, 5.41) is 6.18. The Bertz CT molecular complexity index is 898. The van der Waals surface area contributed by atoms with Gasteiger partial charge in [0.1, 0.15) is 5.75 Å². The third-order valence-electron chi connectivity index (χ3n) is 4.46. The molecule has 1 fully saturated rings. The van der Waals surface area contributed by atoms with Gasteiger partial charge in [-0.15, -0.1) is 12.4 Å². The Kier molecular flexibility index (Phi) is 7.68. The average molecular weight is 426 g/mol. The average Bonchev–Trinajstić information content (AvgIpc) is 3.20. The van der Waals surface area contributed by atoms with Crippen LogP contribution >= 0.6 is 12.4 Å². The molecule has 3 rings (SSSR count). The third kappa shape index (κ3) is 5.37. The normalized spacial score (nSPS) is 16.1. The van der Waals surface area contributed by atoms with Crippen molar-refractivity contribution >= 4 is 34.0 Å². The van der Waals surface area contributed by atoms with E-state index in [1.165, 1.54) is 19.2 Å². The van der Waals surface area contributed by atoms with Crippen molar-refractivity contribution in [1.82, 2.24) is 10.6 Å². The minimum Gasteiger partial charge on any atom is -0.497 e. The molecule has 152 valence electrons. The molecule has 1 saturated heterocycles. The Labute approximate surface area is 171 Å². The lowest BCUT2D eigenvalue weighted by atomic mass is 10.1. The maximum atomic E-state index is 12.6. The number of anilines is 1. The van der Waals surface area contributed by atoms with Gasteiger partial charge in [0.15, 0.2) is 0 Å². The summed E-state index contributed by atoms with van der Waals surface area (Å²) in [5.74, 6) is 0.256. The summed E-state index contributed by atoms with van der Waals surface area (Å²) < 4.78 is 32.8. The second-order valence-corrected chi connectivity index (χ2v) is 8.01. The van der Waals surface area contributed by atoms with Gasteiger partial charge in [-0.2, -0.15) is 0 Å². The molecule has 1 unspecified atom stereocenters. The molecule has 28 heavy (non-hydrogen) atoms. The maximum absolute atomic E-state index is 12.6. The third-order valence-corrected chi connectivity index (χ3v) is 5.84. The maximum Gasteiger partial charge on any atom is 0.261 e. The molecule has 0 radical (unpaired) electrons. The van der Waals surface area contributed by atoms with Crippen LogP contribution in [0.4, 0.5) is 5.69 Å². The van der Waals surface area contributed by atoms with Crippen LogP contribution in [0.1, 0.15) is 23.2 Å². The highest BCUT2D eigenvalue weighted by atomic mass is 35.5. The van der Waals surface area contributed by atoms with Crippen LogP contribution in [-0.2, 0) is 10.0 Å². The molecule has 1 aliphatic rings. The summed E-state index contributed by atoms with van der Waals surface area (Å²) in [7, 11) is -2.31. The topological polar surface area (TPSA) is 96.5 Å². The molecule has 0 bridgehead atoms. The molecule has 2 aromatic rings. The molecule has 1 aliphatic heterocycles. The number of benzene rings is 2. The zero-order valence-electron chi connectivity index (χ0n) is 15.5. The number of carbonyl (C=O) groups excluding carboxylic acids is 1. The van der Waals surface area contributed by atoms with Gasteiger partial charge in [0.25, 0.3) is 15.9 Å². The fraction of sp³-hybridized carbons (Fsp3) is 0.316. The SMILES string of the molecule is COc1ccc(S(=O)(=O)Nc2ccccc2C(=O)NCC2CCCN2)cc1.Cl. The number of carbonyl (C=O) groups is 1. The van der Waals surface area contributed by atoms with E-state index in [0.29, 0.717) is 12.3 Å². The molecule has 9 heteroatoms. The van der Waals surface area contributed by atoms with Crippen LogP contribution in [0, 0.1) is 0 Å². The monoisotopic (exact) mass is 425 g/mol. The highest BCUT2D eigenvalue weighted by Gasteiger charge is 2.20. The Morgan fingerprint density at radius 3 is 2.54 bits per heavy atom. The molecule has 0 aliphatic carbocycles. The van der Waals surface area contributed by atoms with Crippen molar-refractivity contribution in [1.29, 1.82) is 0 Å². The van der Waals surface area contributed by atoms with E-state index in [9.17, 15) is 13.2 Å². The van der Waals surface area contributed by atoms with E-state index in [1.54, 1.807) is 36.4 Å². The minimum absolute atomic E-state index is 0. The van der Waals surface area contributed by atoms with Gasteiger partial charge in [0.05, 0.1) is 23.3 Å². The molecule has 1 amide bonds. The number of rotatable bonds is 7. The number of halogens is 1. The van der Waals surface area contributed by atoms with Crippen molar-refractivity contribution in [2.45, 2.75) is 23.8 Å². The minimum atomic E-state index is -3.82. The largest absolute Gasteiger partial charge is 0.497 e. The van der Waals surface area contributed by atoms with Crippen molar-refractivity contribution in [3.8, 4) is 5.75 Å². The van der Waals surface area contributed by atoms with Gasteiger partial charge in [0.2, 0.25) is 0 Å². The van der Waals surface area contributed by atoms with Crippen molar-refractivity contribution in [2.75, 3.05) is 24.9 Å². The number of hydrogen-bond donors (Lipinski definition) is 3. The van der Waals surface area contributed by atoms with Crippen molar-refractivity contribution in [3.05, 3.63) is 54.1 Å². The Balaban J connectivity index is 0.00000280. The number of methoxy groups -OCH3 is 1. The summed E-state index contributed by atoms with van der Waals surface area (Å²) in [6.45, 7) is 1.47. The molecule has 3 N–H and O–H groups in total. The quantitative estimate of drug-likeness (QED) is 0.633. The second-order valence-electron chi connectivity index (χ2n) is 6.33. The standard InChI is InChI=1S/C19H23N3O4S.ClH/c1-26-15-8-10-16(11-9-15)27(24,25)22-18-7-3-2-6-17(18)19(23)21-13-14-5-4-12-20-14;/h2-3,6-11,14,20,22H,4-5,12-13H2,1H3,(H,21,23);1H. The van der Waals surface area contributed by atoms with Gasteiger partial charge in [-0.25, -0.2) is 8.42 Å². The van der Waals surface area contributed by atoms with E-state index in [2.05, 4.69) is 15.4 Å². The van der Waals surface area contributed by atoms with E-state index < -0.39 is 10.0 Å². The molecule has 1 heterocycles. The zero-order valence-corrected chi connectivity index (χ0v) is 17.1. The summed E-state index contributed by atoms with van der Waals surface area (Å²) in [4.78, 5) is 12.6. The predicted octanol–water partition coefficient (Wildman–Crippen LogP) is 2.40. The van der Waals surface area contributed by atoms with Crippen molar-refractivity contribution < 1.29 is 17.9 Å². The molecule has 7 nitrogen and oxygen atoms in total. The molecule has 0 saturated carbocycles. The predicted molar refractivity (Wildman–Crippen MR) is 111 cm³/mol. The summed E-state index contributed by atoms with van der Waals surface area (Å²) in [6, 6.07) is 12.9. The van der Waals surface area contributed by atoms with E-state index in [4.69, 9.17) is 4.74 Å². The Morgan fingerprint density at radius 1 is 1.18 bits per heavy atom. The number of para-hydroxylation sites is 1. The van der Waals surface area contributed by atoms with Crippen LogP contribution in [-0.4, -0.2) is 40.6 Å². The van der Waals surface area contributed by atoms with Gasteiger partial charge in [-0.05, 0) is 55.8 Å². The summed E-state index contributed by atoms with van der Waals surface area (Å²) >= 11 is 0. The first-order valence-corrected chi connectivity index (χ1v) is 10.3. The molecule has 1 atom stereocenters. The molecule has 2 aromatic carbocycles. The highest BCUT2D eigenvalue weighted by Crippen LogP contribution is 2.22. The van der Waals surface area contributed by atoms with Crippen molar-refractivity contribution in [3.63, 3.8) is 0 Å². The number of sulfonamides is 1. The molecule has 0 spiro atoms. The first kappa shape index (κ1) is 22.0. The first-order valence-electron chi connectivity index (χ1n) is 8.77. The lowest BCUT2D eigenvalue weighted by molar-refractivity contribution is 0.0951. The van der Waals surface area contributed by atoms with Gasteiger partial charge >= 0.3 is 0 Å². The zero-order chi connectivity index (χ0) is 19.3. The molecular formula is C19H24ClN3O4S. The van der Waals surface area contributed by atoms with Crippen LogP contribution in [0.5, 0.6) is 5.75 Å².